The van der Waals surface area contributed by atoms with E-state index >= 15 is 0 Å². The Labute approximate surface area is 203 Å². The zero-order chi connectivity index (χ0) is 25.3. The number of aryl methyl sites for hydroxylation is 1. The molecule has 2 aromatic heterocycles. The summed E-state index contributed by atoms with van der Waals surface area (Å²) < 4.78 is 52.7. The van der Waals surface area contributed by atoms with Crippen LogP contribution in [-0.2, 0) is 5.54 Å². The fourth-order valence-corrected chi connectivity index (χ4v) is 4.13. The van der Waals surface area contributed by atoms with Crippen LogP contribution in [0.2, 0.25) is 0 Å². The summed E-state index contributed by atoms with van der Waals surface area (Å²) in [5.41, 5.74) is 0.878. The highest BCUT2D eigenvalue weighted by Crippen LogP contribution is 2.41. The van der Waals surface area contributed by atoms with Gasteiger partial charge >= 0.3 is 6.36 Å². The second kappa shape index (κ2) is 8.99. The van der Waals surface area contributed by atoms with Crippen molar-refractivity contribution in [3.05, 3.63) is 89.6 Å². The van der Waals surface area contributed by atoms with Gasteiger partial charge in [0.1, 0.15) is 22.7 Å². The lowest BCUT2D eigenvalue weighted by molar-refractivity contribution is -0.274. The molecule has 0 radical (unpaired) electrons. The number of hydrogen-bond donors (Lipinski definition) is 1. The van der Waals surface area contributed by atoms with Crippen LogP contribution in [0.15, 0.2) is 71.4 Å². The van der Waals surface area contributed by atoms with Gasteiger partial charge < -0.3 is 19.3 Å². The molecule has 1 atom stereocenters. The molecule has 1 aliphatic heterocycles. The van der Waals surface area contributed by atoms with Crippen LogP contribution in [0.1, 0.15) is 33.9 Å². The van der Waals surface area contributed by atoms with E-state index in [0.717, 1.165) is 0 Å². The molecule has 36 heavy (non-hydrogen) atoms. The molecule has 5 rings (SSSR count). The number of ether oxygens (including phenoxy) is 2. The Hall–Kier alpha value is -4.41. The van der Waals surface area contributed by atoms with Crippen molar-refractivity contribution in [2.75, 3.05) is 6.61 Å². The molecule has 184 valence electrons. The summed E-state index contributed by atoms with van der Waals surface area (Å²) in [6, 6.07) is 15.5. The van der Waals surface area contributed by atoms with Gasteiger partial charge in [0.05, 0.1) is 6.61 Å². The third-order valence-electron chi connectivity index (χ3n) is 5.75. The Morgan fingerprint density at radius 1 is 1.08 bits per heavy atom. The highest BCUT2D eigenvalue weighted by molar-refractivity contribution is 5.95. The average Bonchev–Trinajstić information content (AvgIpc) is 3.30. The number of pyridine rings is 1. The number of hydrogen-bond acceptors (Lipinski definition) is 7. The van der Waals surface area contributed by atoms with E-state index in [0.29, 0.717) is 46.3 Å². The molecule has 3 heterocycles. The molecule has 0 saturated heterocycles. The molecule has 1 amide bonds. The molecule has 1 N–H and O–H groups in total. The van der Waals surface area contributed by atoms with E-state index < -0.39 is 17.8 Å². The van der Waals surface area contributed by atoms with Gasteiger partial charge in [-0.1, -0.05) is 29.4 Å². The summed E-state index contributed by atoms with van der Waals surface area (Å²) in [7, 11) is 0. The van der Waals surface area contributed by atoms with Crippen LogP contribution in [0.3, 0.4) is 0 Å². The van der Waals surface area contributed by atoms with Crippen molar-refractivity contribution in [3.8, 4) is 22.9 Å². The molecule has 0 aliphatic carbocycles. The van der Waals surface area contributed by atoms with Crippen molar-refractivity contribution in [1.29, 1.82) is 0 Å². The number of alkyl halides is 3. The van der Waals surface area contributed by atoms with Crippen molar-refractivity contribution in [2.45, 2.75) is 25.2 Å². The van der Waals surface area contributed by atoms with E-state index in [2.05, 4.69) is 25.2 Å². The van der Waals surface area contributed by atoms with E-state index in [1.54, 1.807) is 49.5 Å². The highest BCUT2D eigenvalue weighted by Gasteiger charge is 2.42. The largest absolute Gasteiger partial charge is 0.573 e. The molecular formula is C25H19F3N4O4. The molecule has 2 aromatic carbocycles. The van der Waals surface area contributed by atoms with Crippen LogP contribution in [0.4, 0.5) is 13.2 Å². The topological polar surface area (TPSA) is 99.4 Å². The Kier molecular flexibility index (Phi) is 5.83. The van der Waals surface area contributed by atoms with Gasteiger partial charge in [-0.05, 0) is 42.0 Å². The molecule has 0 saturated carbocycles. The van der Waals surface area contributed by atoms with Crippen molar-refractivity contribution < 1.29 is 32.0 Å². The number of nitrogens with zero attached hydrogens (tertiary/aromatic N) is 3. The maximum atomic E-state index is 13.4. The lowest BCUT2D eigenvalue weighted by atomic mass is 9.81. The number of fused-ring (bicyclic) bond motifs is 1. The summed E-state index contributed by atoms with van der Waals surface area (Å²) in [5.74, 6) is 0.529. The number of carbonyl (C=O) groups excluding carboxylic acids is 1. The lowest BCUT2D eigenvalue weighted by Gasteiger charge is -2.39. The van der Waals surface area contributed by atoms with Gasteiger partial charge in [0, 0.05) is 30.7 Å². The molecule has 1 aliphatic rings. The molecule has 0 bridgehead atoms. The van der Waals surface area contributed by atoms with Crippen LogP contribution in [0.5, 0.6) is 11.5 Å². The zero-order valence-electron chi connectivity index (χ0n) is 18.9. The predicted octanol–water partition coefficient (Wildman–Crippen LogP) is 4.79. The van der Waals surface area contributed by atoms with Crippen molar-refractivity contribution in [2.24, 2.45) is 0 Å². The van der Waals surface area contributed by atoms with Crippen molar-refractivity contribution >= 4 is 5.91 Å². The average molecular weight is 496 g/mol. The first-order valence-electron chi connectivity index (χ1n) is 10.9. The number of halogens is 3. The van der Waals surface area contributed by atoms with E-state index in [1.807, 2.05) is 0 Å². The number of benzene rings is 2. The number of rotatable bonds is 5. The zero-order valence-corrected chi connectivity index (χ0v) is 18.9. The van der Waals surface area contributed by atoms with Gasteiger partial charge in [-0.15, -0.1) is 13.2 Å². The van der Waals surface area contributed by atoms with Gasteiger partial charge in [0.25, 0.3) is 5.91 Å². The van der Waals surface area contributed by atoms with E-state index in [-0.39, 0.29) is 12.4 Å². The highest BCUT2D eigenvalue weighted by atomic mass is 19.4. The van der Waals surface area contributed by atoms with Crippen LogP contribution < -0.4 is 14.8 Å². The summed E-state index contributed by atoms with van der Waals surface area (Å²) in [6.07, 6.45) is -2.94. The second-order valence-electron chi connectivity index (χ2n) is 8.09. The quantitative estimate of drug-likeness (QED) is 0.424. The van der Waals surface area contributed by atoms with Crippen molar-refractivity contribution in [3.63, 3.8) is 0 Å². The molecule has 0 spiro atoms. The maximum absolute atomic E-state index is 13.4. The van der Waals surface area contributed by atoms with E-state index in [1.165, 1.54) is 24.3 Å². The summed E-state index contributed by atoms with van der Waals surface area (Å²) in [4.78, 5) is 22.0. The van der Waals surface area contributed by atoms with Gasteiger partial charge in [-0.3, -0.25) is 9.78 Å². The first kappa shape index (κ1) is 23.3. The summed E-state index contributed by atoms with van der Waals surface area (Å²) in [6.45, 7) is 1.94. The third-order valence-corrected chi connectivity index (χ3v) is 5.75. The second-order valence-corrected chi connectivity index (χ2v) is 8.09. The number of amides is 1. The summed E-state index contributed by atoms with van der Waals surface area (Å²) >= 11 is 0. The van der Waals surface area contributed by atoms with Crippen LogP contribution >= 0.6 is 0 Å². The number of nitrogens with one attached hydrogen (secondary N) is 1. The van der Waals surface area contributed by atoms with Gasteiger partial charge in [0.2, 0.25) is 11.7 Å². The normalized spacial score (nSPS) is 17.1. The van der Waals surface area contributed by atoms with Crippen LogP contribution in [0, 0.1) is 6.92 Å². The minimum absolute atomic E-state index is 0.260. The fourth-order valence-electron chi connectivity index (χ4n) is 4.13. The molecule has 8 nitrogen and oxygen atoms in total. The maximum Gasteiger partial charge on any atom is 0.573 e. The first-order valence-corrected chi connectivity index (χ1v) is 10.9. The van der Waals surface area contributed by atoms with Crippen LogP contribution in [0.25, 0.3) is 11.4 Å². The van der Waals surface area contributed by atoms with Gasteiger partial charge in [-0.25, -0.2) is 0 Å². The number of aromatic nitrogens is 3. The standard InChI is InChI=1S/C25H19F3N4O4/c1-15-30-22(32-36-15)16-4-6-17(7-5-16)23(33)31-24(12-14-34-20-3-2-13-29-21(20)24)18-8-10-19(11-9-18)35-25(26,27)28/h2-11,13H,12,14H2,1H3,(H,31,33). The third kappa shape index (κ3) is 4.59. The Morgan fingerprint density at radius 3 is 2.50 bits per heavy atom. The van der Waals surface area contributed by atoms with Gasteiger partial charge in [0.15, 0.2) is 0 Å². The molecule has 1 unspecified atom stereocenters. The Morgan fingerprint density at radius 2 is 1.83 bits per heavy atom. The Bertz CT molecular complexity index is 1390. The van der Waals surface area contributed by atoms with Gasteiger partial charge in [-0.2, -0.15) is 4.98 Å². The van der Waals surface area contributed by atoms with E-state index in [9.17, 15) is 18.0 Å². The van der Waals surface area contributed by atoms with Crippen LogP contribution in [-0.4, -0.2) is 34.0 Å². The van der Waals surface area contributed by atoms with Crippen molar-refractivity contribution in [1.82, 2.24) is 20.4 Å². The minimum atomic E-state index is -4.81. The first-order chi connectivity index (χ1) is 17.2. The summed E-state index contributed by atoms with van der Waals surface area (Å²) in [5, 5.41) is 6.93. The number of carbonyl (C=O) groups is 1. The smallest absolute Gasteiger partial charge is 0.491 e. The Balaban J connectivity index is 1.49. The SMILES string of the molecule is Cc1nc(-c2ccc(C(=O)NC3(c4ccc(OC(F)(F)F)cc4)CCOc4cccnc43)cc2)no1. The van der Waals surface area contributed by atoms with E-state index in [4.69, 9.17) is 9.26 Å². The minimum Gasteiger partial charge on any atom is -0.491 e. The predicted molar refractivity (Wildman–Crippen MR) is 120 cm³/mol. The molecular weight excluding hydrogens is 477 g/mol. The monoisotopic (exact) mass is 496 g/mol. The fraction of sp³-hybridized carbons (Fsp3) is 0.200. The molecule has 4 aromatic rings. The molecule has 11 heteroatoms. The lowest BCUT2D eigenvalue weighted by Crippen LogP contribution is -2.50. The molecule has 0 fully saturated rings.